The van der Waals surface area contributed by atoms with Crippen molar-refractivity contribution in [3.05, 3.63) is 12.7 Å². The molecule has 0 radical (unpaired) electrons. The first kappa shape index (κ1) is 13.2. The second-order valence-electron chi connectivity index (χ2n) is 5.39. The van der Waals surface area contributed by atoms with E-state index in [1.165, 1.54) is 17.3 Å². The summed E-state index contributed by atoms with van der Waals surface area (Å²) in [7, 11) is 0. The van der Waals surface area contributed by atoms with Gasteiger partial charge in [-0.1, -0.05) is 20.8 Å². The number of anilines is 2. The number of nitrogens with zero attached hydrogens (tertiary/aromatic N) is 6. The molecule has 0 aliphatic heterocycles. The molecule has 0 aliphatic rings. The molecule has 2 heterocycles. The van der Waals surface area contributed by atoms with Gasteiger partial charge in [0.25, 0.3) is 5.95 Å². The Bertz CT molecular complexity index is 542. The number of nitrogens with one attached hydrogen (secondary N) is 1. The molecule has 2 rings (SSSR count). The summed E-state index contributed by atoms with van der Waals surface area (Å²) in [4.78, 5) is 16.2. The van der Waals surface area contributed by atoms with Crippen molar-refractivity contribution in [1.82, 2.24) is 29.7 Å². The van der Waals surface area contributed by atoms with Crippen molar-refractivity contribution in [2.75, 3.05) is 11.1 Å². The highest BCUT2D eigenvalue weighted by Gasteiger charge is 2.21. The summed E-state index contributed by atoms with van der Waals surface area (Å²) in [5.41, 5.74) is 5.76. The van der Waals surface area contributed by atoms with Crippen molar-refractivity contribution < 1.29 is 0 Å². The van der Waals surface area contributed by atoms with Gasteiger partial charge in [-0.15, -0.1) is 0 Å². The lowest BCUT2D eigenvalue weighted by Crippen LogP contribution is -2.32. The van der Waals surface area contributed by atoms with Crippen molar-refractivity contribution in [3.63, 3.8) is 0 Å². The van der Waals surface area contributed by atoms with Crippen LogP contribution in [-0.2, 0) is 0 Å². The van der Waals surface area contributed by atoms with Gasteiger partial charge in [0.05, 0.1) is 0 Å². The van der Waals surface area contributed by atoms with Crippen molar-refractivity contribution in [1.29, 1.82) is 0 Å². The van der Waals surface area contributed by atoms with E-state index < -0.39 is 0 Å². The largest absolute Gasteiger partial charge is 0.368 e. The lowest BCUT2D eigenvalue weighted by atomic mass is 9.88. The molecule has 2 aromatic heterocycles. The van der Waals surface area contributed by atoms with Crippen molar-refractivity contribution in [2.45, 2.75) is 33.7 Å². The maximum Gasteiger partial charge on any atom is 0.258 e. The van der Waals surface area contributed by atoms with Crippen LogP contribution in [0.15, 0.2) is 12.7 Å². The van der Waals surface area contributed by atoms with E-state index in [4.69, 9.17) is 5.73 Å². The summed E-state index contributed by atoms with van der Waals surface area (Å²) in [6, 6.07) is 0.179. The van der Waals surface area contributed by atoms with Crippen molar-refractivity contribution >= 4 is 11.9 Å². The third-order valence-corrected chi connectivity index (χ3v) is 2.91. The van der Waals surface area contributed by atoms with Crippen molar-refractivity contribution in [2.24, 2.45) is 5.41 Å². The molecule has 0 amide bonds. The minimum absolute atomic E-state index is 0.0782. The second kappa shape index (κ2) is 4.79. The van der Waals surface area contributed by atoms with E-state index in [2.05, 4.69) is 58.0 Å². The Morgan fingerprint density at radius 1 is 1.26 bits per heavy atom. The molecule has 2 aromatic rings. The van der Waals surface area contributed by atoms with Crippen LogP contribution in [-0.4, -0.2) is 35.8 Å². The molecule has 0 aliphatic carbocycles. The van der Waals surface area contributed by atoms with Crippen LogP contribution in [0.1, 0.15) is 27.7 Å². The Morgan fingerprint density at radius 2 is 2.00 bits per heavy atom. The smallest absolute Gasteiger partial charge is 0.258 e. The van der Waals surface area contributed by atoms with E-state index in [9.17, 15) is 0 Å². The molecular formula is C11H18N8. The quantitative estimate of drug-likeness (QED) is 0.845. The first-order chi connectivity index (χ1) is 8.86. The van der Waals surface area contributed by atoms with Gasteiger partial charge in [0, 0.05) is 6.04 Å². The fourth-order valence-corrected chi connectivity index (χ4v) is 1.27. The number of nitrogen functional groups attached to an aromatic ring is 1. The number of rotatable bonds is 3. The molecular weight excluding hydrogens is 244 g/mol. The maximum absolute atomic E-state index is 5.69. The number of hydrogen-bond donors (Lipinski definition) is 2. The minimum atomic E-state index is 0.0782. The molecule has 8 heteroatoms. The molecule has 0 saturated carbocycles. The van der Waals surface area contributed by atoms with Gasteiger partial charge in [0.2, 0.25) is 11.9 Å². The van der Waals surface area contributed by atoms with Crippen LogP contribution in [0, 0.1) is 5.41 Å². The molecule has 0 spiro atoms. The van der Waals surface area contributed by atoms with Gasteiger partial charge >= 0.3 is 0 Å². The summed E-state index contributed by atoms with van der Waals surface area (Å²) < 4.78 is 1.44. The molecule has 0 fully saturated rings. The van der Waals surface area contributed by atoms with Gasteiger partial charge in [-0.25, -0.2) is 4.98 Å². The van der Waals surface area contributed by atoms with E-state index in [1.54, 1.807) is 0 Å². The monoisotopic (exact) mass is 262 g/mol. The third-order valence-electron chi connectivity index (χ3n) is 2.91. The van der Waals surface area contributed by atoms with Crippen LogP contribution in [0.3, 0.4) is 0 Å². The molecule has 3 N–H and O–H groups in total. The van der Waals surface area contributed by atoms with E-state index in [1.807, 2.05) is 0 Å². The molecule has 102 valence electrons. The Morgan fingerprint density at radius 3 is 2.58 bits per heavy atom. The molecule has 0 aromatic carbocycles. The van der Waals surface area contributed by atoms with Crippen molar-refractivity contribution in [3.8, 4) is 5.95 Å². The number of nitrogens with two attached hydrogens (primary N) is 1. The average molecular weight is 262 g/mol. The summed E-state index contributed by atoms with van der Waals surface area (Å²) in [6.45, 7) is 8.46. The van der Waals surface area contributed by atoms with Crippen LogP contribution >= 0.6 is 0 Å². The van der Waals surface area contributed by atoms with Gasteiger partial charge < -0.3 is 11.1 Å². The first-order valence-corrected chi connectivity index (χ1v) is 5.99. The topological polar surface area (TPSA) is 107 Å². The van der Waals surface area contributed by atoms with Crippen LogP contribution in [0.2, 0.25) is 0 Å². The number of hydrogen-bond acceptors (Lipinski definition) is 7. The maximum atomic E-state index is 5.69. The molecule has 19 heavy (non-hydrogen) atoms. The van der Waals surface area contributed by atoms with Gasteiger partial charge in [-0.2, -0.15) is 24.7 Å². The van der Waals surface area contributed by atoms with E-state index in [-0.39, 0.29) is 17.4 Å². The van der Waals surface area contributed by atoms with Crippen LogP contribution in [0.25, 0.3) is 5.95 Å². The van der Waals surface area contributed by atoms with Gasteiger partial charge in [-0.3, -0.25) is 0 Å². The minimum Gasteiger partial charge on any atom is -0.368 e. The third kappa shape index (κ3) is 3.15. The Kier molecular flexibility index (Phi) is 3.32. The zero-order valence-corrected chi connectivity index (χ0v) is 11.5. The molecule has 8 nitrogen and oxygen atoms in total. The fourth-order valence-electron chi connectivity index (χ4n) is 1.27. The van der Waals surface area contributed by atoms with E-state index in [0.29, 0.717) is 11.9 Å². The molecule has 1 unspecified atom stereocenters. The van der Waals surface area contributed by atoms with Gasteiger partial charge in [-0.05, 0) is 12.3 Å². The lowest BCUT2D eigenvalue weighted by Gasteiger charge is -2.28. The predicted octanol–water partition coefficient (Wildman–Crippen LogP) is 0.881. The standard InChI is InChI=1S/C11H18N8/c1-7(11(2,3)4)15-9-16-8(12)17-10(18-9)19-6-13-5-14-19/h5-7H,1-4H3,(H3,12,15,16,17,18). The van der Waals surface area contributed by atoms with E-state index in [0.717, 1.165) is 0 Å². The van der Waals surface area contributed by atoms with Crippen LogP contribution < -0.4 is 11.1 Å². The summed E-state index contributed by atoms with van der Waals surface area (Å²) in [5, 5.41) is 7.19. The normalized spacial score (nSPS) is 13.3. The lowest BCUT2D eigenvalue weighted by molar-refractivity contribution is 0.358. The Labute approximate surface area is 111 Å². The molecule has 0 bridgehead atoms. The Hall–Kier alpha value is -2.25. The van der Waals surface area contributed by atoms with Crippen LogP contribution in [0.5, 0.6) is 0 Å². The predicted molar refractivity (Wildman–Crippen MR) is 71.7 cm³/mol. The number of aromatic nitrogens is 6. The SMILES string of the molecule is CC(Nc1nc(N)nc(-n2cncn2)n1)C(C)(C)C. The summed E-state index contributed by atoms with van der Waals surface area (Å²) >= 11 is 0. The molecule has 0 saturated heterocycles. The highest BCUT2D eigenvalue weighted by Crippen LogP contribution is 2.21. The highest BCUT2D eigenvalue weighted by atomic mass is 15.4. The second-order valence-corrected chi connectivity index (χ2v) is 5.39. The Balaban J connectivity index is 2.28. The highest BCUT2D eigenvalue weighted by molar-refractivity contribution is 5.35. The zero-order valence-electron chi connectivity index (χ0n) is 11.5. The average Bonchev–Trinajstić information content (AvgIpc) is 2.80. The van der Waals surface area contributed by atoms with Gasteiger partial charge in [0.1, 0.15) is 12.7 Å². The zero-order chi connectivity index (χ0) is 14.0. The van der Waals surface area contributed by atoms with E-state index >= 15 is 0 Å². The van der Waals surface area contributed by atoms with Crippen LogP contribution in [0.4, 0.5) is 11.9 Å². The summed E-state index contributed by atoms with van der Waals surface area (Å²) in [5.74, 6) is 0.915. The molecule has 1 atom stereocenters. The summed E-state index contributed by atoms with van der Waals surface area (Å²) in [6.07, 6.45) is 2.91. The van der Waals surface area contributed by atoms with Gasteiger partial charge in [0.15, 0.2) is 0 Å². The first-order valence-electron chi connectivity index (χ1n) is 5.99. The fraction of sp³-hybridized carbons (Fsp3) is 0.545.